The quantitative estimate of drug-likeness (QED) is 0.925. The van der Waals surface area contributed by atoms with Crippen molar-refractivity contribution in [1.82, 2.24) is 0 Å². The first-order valence-corrected chi connectivity index (χ1v) is 7.03. The Balaban J connectivity index is 2.20. The Morgan fingerprint density at radius 2 is 2.28 bits per heavy atom. The summed E-state index contributed by atoms with van der Waals surface area (Å²) in [5.41, 5.74) is -0.397. The van der Waals surface area contributed by atoms with Gasteiger partial charge in [0.2, 0.25) is 0 Å². The Labute approximate surface area is 115 Å². The largest absolute Gasteiger partial charge is 0.387 e. The van der Waals surface area contributed by atoms with Crippen LogP contribution in [0.5, 0.6) is 0 Å². The van der Waals surface area contributed by atoms with E-state index in [9.17, 15) is 9.50 Å². The van der Waals surface area contributed by atoms with E-state index in [2.05, 4.69) is 15.9 Å². The highest BCUT2D eigenvalue weighted by Gasteiger charge is 2.39. The van der Waals surface area contributed by atoms with Crippen molar-refractivity contribution in [3.8, 4) is 0 Å². The molecule has 0 heterocycles. The molecule has 0 saturated heterocycles. The highest BCUT2D eigenvalue weighted by molar-refractivity contribution is 9.10. The summed E-state index contributed by atoms with van der Waals surface area (Å²) in [6, 6.07) is 4.95. The van der Waals surface area contributed by atoms with Crippen LogP contribution in [0.3, 0.4) is 0 Å². The molecule has 0 bridgehead atoms. The third-order valence-corrected chi connectivity index (χ3v) is 4.21. The average molecular weight is 317 g/mol. The molecule has 1 fully saturated rings. The molecule has 18 heavy (non-hydrogen) atoms. The van der Waals surface area contributed by atoms with Gasteiger partial charge in [-0.15, -0.1) is 0 Å². The maximum absolute atomic E-state index is 13.8. The smallest absolute Gasteiger partial charge is 0.127 e. The fraction of sp³-hybridized carbons (Fsp3) is 0.571. The zero-order valence-corrected chi connectivity index (χ0v) is 12.0. The number of hydrogen-bond acceptors (Lipinski definition) is 2. The third kappa shape index (κ3) is 2.92. The van der Waals surface area contributed by atoms with Crippen molar-refractivity contribution in [3.63, 3.8) is 0 Å². The molecule has 100 valence electrons. The van der Waals surface area contributed by atoms with Crippen molar-refractivity contribution < 1.29 is 14.2 Å². The lowest BCUT2D eigenvalue weighted by Crippen LogP contribution is -2.47. The molecule has 0 amide bonds. The summed E-state index contributed by atoms with van der Waals surface area (Å²) >= 11 is 3.23. The molecule has 1 aliphatic carbocycles. The highest BCUT2D eigenvalue weighted by atomic mass is 79.9. The Morgan fingerprint density at radius 1 is 1.50 bits per heavy atom. The average Bonchev–Trinajstić information content (AvgIpc) is 2.33. The second-order valence-electron chi connectivity index (χ2n) is 4.99. The standard InChI is InChI=1S/C14H18BrFO2/c1-18-13-4-2-3-7-14(13,17)9-10-5-6-11(15)8-12(10)16/h5-6,8,13,17H,2-4,7,9H2,1H3. The van der Waals surface area contributed by atoms with E-state index < -0.39 is 5.60 Å². The number of benzene rings is 1. The molecular weight excluding hydrogens is 299 g/mol. The first-order valence-electron chi connectivity index (χ1n) is 6.24. The molecule has 1 saturated carbocycles. The number of halogens is 2. The van der Waals surface area contributed by atoms with E-state index in [1.54, 1.807) is 19.2 Å². The second-order valence-corrected chi connectivity index (χ2v) is 5.90. The fourth-order valence-electron chi connectivity index (χ4n) is 2.72. The number of rotatable bonds is 3. The number of aliphatic hydroxyl groups is 1. The van der Waals surface area contributed by atoms with E-state index in [1.807, 2.05) is 0 Å². The van der Waals surface area contributed by atoms with Crippen molar-refractivity contribution in [2.75, 3.05) is 7.11 Å². The molecule has 1 aromatic rings. The first-order chi connectivity index (χ1) is 8.55. The first kappa shape index (κ1) is 14.0. The molecule has 0 aromatic heterocycles. The van der Waals surface area contributed by atoms with Crippen LogP contribution in [-0.2, 0) is 11.2 Å². The molecule has 2 rings (SSSR count). The van der Waals surface area contributed by atoms with Gasteiger partial charge >= 0.3 is 0 Å². The number of ether oxygens (including phenoxy) is 1. The summed E-state index contributed by atoms with van der Waals surface area (Å²) in [4.78, 5) is 0. The van der Waals surface area contributed by atoms with Gasteiger partial charge in [0.1, 0.15) is 5.82 Å². The van der Waals surface area contributed by atoms with Crippen LogP contribution in [0.15, 0.2) is 22.7 Å². The van der Waals surface area contributed by atoms with Crippen molar-refractivity contribution in [2.24, 2.45) is 0 Å². The zero-order chi connectivity index (χ0) is 13.2. The second kappa shape index (κ2) is 5.68. The summed E-state index contributed by atoms with van der Waals surface area (Å²) in [5, 5.41) is 10.7. The van der Waals surface area contributed by atoms with E-state index in [0.29, 0.717) is 22.9 Å². The molecular formula is C14H18BrFO2. The van der Waals surface area contributed by atoms with Crippen molar-refractivity contribution >= 4 is 15.9 Å². The number of hydrogen-bond donors (Lipinski definition) is 1. The molecule has 4 heteroatoms. The summed E-state index contributed by atoms with van der Waals surface area (Å²) in [7, 11) is 1.61. The van der Waals surface area contributed by atoms with Crippen molar-refractivity contribution in [3.05, 3.63) is 34.1 Å². The molecule has 2 nitrogen and oxygen atoms in total. The van der Waals surface area contributed by atoms with Crippen LogP contribution < -0.4 is 0 Å². The molecule has 0 aliphatic heterocycles. The monoisotopic (exact) mass is 316 g/mol. The molecule has 1 aliphatic rings. The Kier molecular flexibility index (Phi) is 4.41. The van der Waals surface area contributed by atoms with Gasteiger partial charge in [0.25, 0.3) is 0 Å². The summed E-state index contributed by atoms with van der Waals surface area (Å²) in [6.45, 7) is 0. The summed E-state index contributed by atoms with van der Waals surface area (Å²) < 4.78 is 19.9. The van der Waals surface area contributed by atoms with Crippen LogP contribution in [-0.4, -0.2) is 23.9 Å². The number of methoxy groups -OCH3 is 1. The normalized spacial score (nSPS) is 28.3. The van der Waals surface area contributed by atoms with E-state index in [0.717, 1.165) is 19.3 Å². The van der Waals surface area contributed by atoms with Gasteiger partial charge in [-0.25, -0.2) is 4.39 Å². The molecule has 1 N–H and O–H groups in total. The lowest BCUT2D eigenvalue weighted by Gasteiger charge is -2.39. The van der Waals surface area contributed by atoms with Gasteiger partial charge in [0, 0.05) is 18.0 Å². The van der Waals surface area contributed by atoms with Crippen LogP contribution in [0.2, 0.25) is 0 Å². The predicted molar refractivity (Wildman–Crippen MR) is 72.0 cm³/mol. The van der Waals surface area contributed by atoms with Crippen LogP contribution in [0, 0.1) is 5.82 Å². The Hall–Kier alpha value is -0.450. The van der Waals surface area contributed by atoms with Crippen molar-refractivity contribution in [2.45, 2.75) is 43.8 Å². The topological polar surface area (TPSA) is 29.5 Å². The maximum Gasteiger partial charge on any atom is 0.127 e. The lowest BCUT2D eigenvalue weighted by atomic mass is 9.78. The highest BCUT2D eigenvalue weighted by Crippen LogP contribution is 2.34. The Morgan fingerprint density at radius 3 is 2.94 bits per heavy atom. The van der Waals surface area contributed by atoms with E-state index in [1.165, 1.54) is 6.07 Å². The van der Waals surface area contributed by atoms with E-state index >= 15 is 0 Å². The minimum absolute atomic E-state index is 0.200. The van der Waals surface area contributed by atoms with Gasteiger partial charge in [-0.3, -0.25) is 0 Å². The van der Waals surface area contributed by atoms with E-state index in [-0.39, 0.29) is 11.9 Å². The fourth-order valence-corrected chi connectivity index (χ4v) is 3.06. The van der Waals surface area contributed by atoms with Gasteiger partial charge in [0.15, 0.2) is 0 Å². The lowest BCUT2D eigenvalue weighted by molar-refractivity contribution is -0.116. The van der Waals surface area contributed by atoms with E-state index in [4.69, 9.17) is 4.74 Å². The molecule has 2 atom stereocenters. The minimum Gasteiger partial charge on any atom is -0.387 e. The predicted octanol–water partition coefficient (Wildman–Crippen LogP) is 3.45. The minimum atomic E-state index is -0.943. The van der Waals surface area contributed by atoms with Gasteiger partial charge in [-0.05, 0) is 30.5 Å². The SMILES string of the molecule is COC1CCCCC1(O)Cc1ccc(Br)cc1F. The van der Waals surface area contributed by atoms with Crippen molar-refractivity contribution in [1.29, 1.82) is 0 Å². The van der Waals surface area contributed by atoms with Gasteiger partial charge in [-0.1, -0.05) is 34.8 Å². The van der Waals surface area contributed by atoms with Gasteiger partial charge in [-0.2, -0.15) is 0 Å². The zero-order valence-electron chi connectivity index (χ0n) is 10.5. The van der Waals surface area contributed by atoms with Gasteiger partial charge < -0.3 is 9.84 Å². The van der Waals surface area contributed by atoms with Crippen LogP contribution in [0.1, 0.15) is 31.2 Å². The molecule has 1 aromatic carbocycles. The third-order valence-electron chi connectivity index (χ3n) is 3.72. The van der Waals surface area contributed by atoms with Crippen LogP contribution in [0.4, 0.5) is 4.39 Å². The summed E-state index contributed by atoms with van der Waals surface area (Å²) in [6.07, 6.45) is 3.64. The van der Waals surface area contributed by atoms with Gasteiger partial charge in [0.05, 0.1) is 11.7 Å². The summed E-state index contributed by atoms with van der Waals surface area (Å²) in [5.74, 6) is -0.279. The Bertz CT molecular complexity index is 424. The maximum atomic E-state index is 13.8. The molecule has 0 spiro atoms. The molecule has 0 radical (unpaired) electrons. The molecule has 2 unspecified atom stereocenters. The van der Waals surface area contributed by atoms with Crippen LogP contribution >= 0.6 is 15.9 Å². The van der Waals surface area contributed by atoms with Crippen LogP contribution in [0.25, 0.3) is 0 Å².